The van der Waals surface area contributed by atoms with Crippen LogP contribution in [0.1, 0.15) is 34.1 Å². The highest BCUT2D eigenvalue weighted by atomic mass is 16.6. The van der Waals surface area contributed by atoms with Crippen molar-refractivity contribution in [1.82, 2.24) is 0 Å². The van der Waals surface area contributed by atoms with E-state index >= 15 is 0 Å². The summed E-state index contributed by atoms with van der Waals surface area (Å²) in [5, 5.41) is 9.62. The Labute approximate surface area is 95.3 Å². The van der Waals surface area contributed by atoms with E-state index in [1.165, 1.54) is 0 Å². The zero-order chi connectivity index (χ0) is 12.5. The molecule has 0 aromatic rings. The van der Waals surface area contributed by atoms with Gasteiger partial charge in [-0.05, 0) is 26.7 Å². The number of carbonyl (C=O) groups is 2. The lowest BCUT2D eigenvalue weighted by atomic mass is 9.83. The van der Waals surface area contributed by atoms with Gasteiger partial charge in [0.25, 0.3) is 0 Å². The van der Waals surface area contributed by atoms with E-state index in [1.54, 1.807) is 27.7 Å². The molecule has 2 atom stereocenters. The molecule has 0 aromatic carbocycles. The summed E-state index contributed by atoms with van der Waals surface area (Å²) in [6.07, 6.45) is 1.39. The van der Waals surface area contributed by atoms with Crippen LogP contribution in [0.3, 0.4) is 0 Å². The Balaban J connectivity index is 2.83. The third kappa shape index (κ3) is 3.08. The smallest absolute Gasteiger partial charge is 0.317 e. The summed E-state index contributed by atoms with van der Waals surface area (Å²) in [5.41, 5.74) is -0.585. The second kappa shape index (κ2) is 4.28. The number of allylic oxidation sites excluding steroid dienone is 1. The van der Waals surface area contributed by atoms with Crippen LogP contribution in [-0.4, -0.2) is 22.5 Å². The van der Waals surface area contributed by atoms with E-state index in [2.05, 4.69) is 0 Å². The van der Waals surface area contributed by atoms with Crippen molar-refractivity contribution in [1.29, 1.82) is 0 Å². The van der Waals surface area contributed by atoms with Gasteiger partial charge in [-0.2, -0.15) is 0 Å². The number of aliphatic hydroxyl groups is 1. The van der Waals surface area contributed by atoms with Gasteiger partial charge in [-0.15, -0.1) is 0 Å². The second-order valence-electron chi connectivity index (χ2n) is 5.23. The lowest BCUT2D eigenvalue weighted by Crippen LogP contribution is -2.35. The number of esters is 1. The molecule has 0 saturated heterocycles. The minimum absolute atomic E-state index is 0.148. The maximum atomic E-state index is 11.8. The van der Waals surface area contributed by atoms with Crippen molar-refractivity contribution < 1.29 is 19.4 Å². The molecule has 16 heavy (non-hydrogen) atoms. The summed E-state index contributed by atoms with van der Waals surface area (Å²) in [6.45, 7) is 7.06. The molecule has 1 aliphatic rings. The number of hydrogen-bond donors (Lipinski definition) is 1. The van der Waals surface area contributed by atoms with Gasteiger partial charge in [0.15, 0.2) is 5.78 Å². The molecule has 4 nitrogen and oxygen atoms in total. The topological polar surface area (TPSA) is 63.6 Å². The Morgan fingerprint density at radius 2 is 2.06 bits per heavy atom. The van der Waals surface area contributed by atoms with Gasteiger partial charge in [-0.25, -0.2) is 0 Å². The summed E-state index contributed by atoms with van der Waals surface area (Å²) in [4.78, 5) is 23.0. The Morgan fingerprint density at radius 3 is 2.50 bits per heavy atom. The molecule has 0 spiro atoms. The molecule has 0 saturated carbocycles. The van der Waals surface area contributed by atoms with Gasteiger partial charge in [-0.1, -0.05) is 6.92 Å². The summed E-state index contributed by atoms with van der Waals surface area (Å²) in [6, 6.07) is 0. The van der Waals surface area contributed by atoms with Crippen LogP contribution in [0.15, 0.2) is 11.8 Å². The molecule has 1 N–H and O–H groups in total. The number of rotatable bonds is 1. The predicted octanol–water partition coefficient (Wildman–Crippen LogP) is 2.00. The number of ether oxygens (including phenoxy) is 1. The molecule has 0 aromatic heterocycles. The minimum atomic E-state index is -0.711. The van der Waals surface area contributed by atoms with Crippen LogP contribution >= 0.6 is 0 Å². The van der Waals surface area contributed by atoms with Gasteiger partial charge >= 0.3 is 5.97 Å². The van der Waals surface area contributed by atoms with Gasteiger partial charge in [0.05, 0.1) is 0 Å². The SMILES string of the molecule is C[C@@H]1CC(=O)C=C(O)[C@@H]1C(=O)OC(C)(C)C. The summed E-state index contributed by atoms with van der Waals surface area (Å²) < 4.78 is 5.20. The van der Waals surface area contributed by atoms with E-state index in [4.69, 9.17) is 4.74 Å². The zero-order valence-electron chi connectivity index (χ0n) is 10.1. The molecule has 1 aliphatic carbocycles. The summed E-state index contributed by atoms with van der Waals surface area (Å²) in [5.74, 6) is -1.73. The van der Waals surface area contributed by atoms with Gasteiger partial charge < -0.3 is 9.84 Å². The van der Waals surface area contributed by atoms with E-state index in [9.17, 15) is 14.7 Å². The number of hydrogen-bond acceptors (Lipinski definition) is 4. The highest BCUT2D eigenvalue weighted by molar-refractivity contribution is 5.93. The van der Waals surface area contributed by atoms with E-state index < -0.39 is 17.5 Å². The molecule has 0 heterocycles. The molecular weight excluding hydrogens is 208 g/mol. The lowest BCUT2D eigenvalue weighted by Gasteiger charge is -2.28. The minimum Gasteiger partial charge on any atom is -0.511 e. The summed E-state index contributed by atoms with van der Waals surface area (Å²) in [7, 11) is 0. The van der Waals surface area contributed by atoms with Crippen molar-refractivity contribution in [3.8, 4) is 0 Å². The highest BCUT2D eigenvalue weighted by Gasteiger charge is 2.36. The largest absolute Gasteiger partial charge is 0.511 e. The van der Waals surface area contributed by atoms with Crippen molar-refractivity contribution in [2.75, 3.05) is 0 Å². The van der Waals surface area contributed by atoms with E-state index in [0.29, 0.717) is 0 Å². The highest BCUT2D eigenvalue weighted by Crippen LogP contribution is 2.29. The molecule has 90 valence electrons. The summed E-state index contributed by atoms with van der Waals surface area (Å²) >= 11 is 0. The van der Waals surface area contributed by atoms with Crippen LogP contribution in [-0.2, 0) is 14.3 Å². The quantitative estimate of drug-likeness (QED) is 0.694. The zero-order valence-corrected chi connectivity index (χ0v) is 10.1. The van der Waals surface area contributed by atoms with Crippen LogP contribution < -0.4 is 0 Å². The number of aliphatic hydroxyl groups excluding tert-OH is 1. The van der Waals surface area contributed by atoms with Gasteiger partial charge in [0.2, 0.25) is 0 Å². The van der Waals surface area contributed by atoms with Crippen LogP contribution in [0.4, 0.5) is 0 Å². The fourth-order valence-corrected chi connectivity index (χ4v) is 1.76. The Kier molecular flexibility index (Phi) is 3.41. The Hall–Kier alpha value is -1.32. The first kappa shape index (κ1) is 12.7. The predicted molar refractivity (Wildman–Crippen MR) is 58.8 cm³/mol. The molecule has 0 fully saturated rings. The standard InChI is InChI=1S/C12H18O4/c1-7-5-8(13)6-9(14)10(7)11(15)16-12(2,3)4/h6-7,10,14H,5H2,1-4H3/t7-,10-/m1/s1. The van der Waals surface area contributed by atoms with Crippen molar-refractivity contribution in [2.45, 2.75) is 39.7 Å². The number of carbonyl (C=O) groups excluding carboxylic acids is 2. The van der Waals surface area contributed by atoms with Crippen LogP contribution in [0.5, 0.6) is 0 Å². The molecule has 0 amide bonds. The normalized spacial score (nSPS) is 26.2. The fourth-order valence-electron chi connectivity index (χ4n) is 1.76. The van der Waals surface area contributed by atoms with E-state index in [0.717, 1.165) is 6.08 Å². The van der Waals surface area contributed by atoms with Gasteiger partial charge in [0.1, 0.15) is 17.3 Å². The van der Waals surface area contributed by atoms with Crippen molar-refractivity contribution in [3.63, 3.8) is 0 Å². The molecular formula is C12H18O4. The maximum absolute atomic E-state index is 11.8. The second-order valence-corrected chi connectivity index (χ2v) is 5.23. The van der Waals surface area contributed by atoms with Gasteiger partial charge in [0, 0.05) is 12.5 Å². The third-order valence-corrected chi connectivity index (χ3v) is 2.38. The Morgan fingerprint density at radius 1 is 1.50 bits per heavy atom. The number of ketones is 1. The first-order chi connectivity index (χ1) is 7.20. The van der Waals surface area contributed by atoms with Crippen LogP contribution in [0.2, 0.25) is 0 Å². The maximum Gasteiger partial charge on any atom is 0.317 e. The Bertz CT molecular complexity index is 335. The third-order valence-electron chi connectivity index (χ3n) is 2.38. The van der Waals surface area contributed by atoms with Crippen molar-refractivity contribution >= 4 is 11.8 Å². The van der Waals surface area contributed by atoms with Crippen LogP contribution in [0.25, 0.3) is 0 Å². The van der Waals surface area contributed by atoms with E-state index in [1.807, 2.05) is 0 Å². The molecule has 0 unspecified atom stereocenters. The average Bonchev–Trinajstić information content (AvgIpc) is 1.96. The molecule has 1 rings (SSSR count). The molecule has 0 bridgehead atoms. The molecule has 4 heteroatoms. The van der Waals surface area contributed by atoms with Crippen molar-refractivity contribution in [2.24, 2.45) is 11.8 Å². The molecule has 0 aliphatic heterocycles. The van der Waals surface area contributed by atoms with Crippen LogP contribution in [0, 0.1) is 11.8 Å². The first-order valence-corrected chi connectivity index (χ1v) is 5.37. The molecule has 0 radical (unpaired) electrons. The van der Waals surface area contributed by atoms with Gasteiger partial charge in [-0.3, -0.25) is 9.59 Å². The van der Waals surface area contributed by atoms with Crippen molar-refractivity contribution in [3.05, 3.63) is 11.8 Å². The monoisotopic (exact) mass is 226 g/mol. The first-order valence-electron chi connectivity index (χ1n) is 5.37. The average molecular weight is 226 g/mol. The lowest BCUT2D eigenvalue weighted by molar-refractivity contribution is -0.161. The van der Waals surface area contributed by atoms with E-state index in [-0.39, 0.29) is 23.9 Å². The fraction of sp³-hybridized carbons (Fsp3) is 0.667.